The molecule has 0 unspecified atom stereocenters. The molecule has 3 aromatic rings. The summed E-state index contributed by atoms with van der Waals surface area (Å²) >= 11 is 0. The summed E-state index contributed by atoms with van der Waals surface area (Å²) in [5.74, 6) is -3.04. The van der Waals surface area contributed by atoms with E-state index in [4.69, 9.17) is 24.4 Å². The largest absolute Gasteiger partial charge is 0.478 e. The molecule has 3 rings (SSSR count). The Morgan fingerprint density at radius 1 is 0.606 bits per heavy atom. The minimum absolute atomic E-state index is 0.120. The maximum atomic E-state index is 12.3. The number of ether oxygens (including phenoxy) is 3. The molecule has 0 bridgehead atoms. The fourth-order valence-corrected chi connectivity index (χ4v) is 2.94. The summed E-state index contributed by atoms with van der Waals surface area (Å²) in [6, 6.07) is 15.0. The van der Waals surface area contributed by atoms with Crippen molar-refractivity contribution in [3.8, 4) is 0 Å². The molecule has 33 heavy (non-hydrogen) atoms. The number of benzene rings is 3. The zero-order chi connectivity index (χ0) is 23.8. The van der Waals surface area contributed by atoms with Gasteiger partial charge in [0.15, 0.2) is 0 Å². The highest BCUT2D eigenvalue weighted by molar-refractivity contribution is 5.98. The molecule has 3 aromatic carbocycles. The van der Waals surface area contributed by atoms with Gasteiger partial charge in [0, 0.05) is 0 Å². The van der Waals surface area contributed by atoms with E-state index in [1.54, 1.807) is 18.2 Å². The molecule has 0 saturated carbocycles. The summed E-state index contributed by atoms with van der Waals surface area (Å²) in [7, 11) is 0. The smallest absolute Gasteiger partial charge is 0.338 e. The Morgan fingerprint density at radius 2 is 1.06 bits per heavy atom. The molecular weight excluding hydrogens is 432 g/mol. The maximum Gasteiger partial charge on any atom is 0.338 e. The lowest BCUT2D eigenvalue weighted by atomic mass is 10.0. The maximum absolute atomic E-state index is 12.3. The van der Waals surface area contributed by atoms with E-state index in [2.05, 4.69) is 0 Å². The number of hydrogen-bond donors (Lipinski definition) is 2. The molecule has 170 valence electrons. The normalized spacial score (nSPS) is 10.5. The van der Waals surface area contributed by atoms with Gasteiger partial charge in [-0.25, -0.2) is 19.2 Å². The van der Waals surface area contributed by atoms with Crippen molar-refractivity contribution in [1.29, 1.82) is 0 Å². The second kappa shape index (κ2) is 10.9. The number of hydrogen-bond acceptors (Lipinski definition) is 8. The summed E-state index contributed by atoms with van der Waals surface area (Å²) in [5.41, 5.74) is 0.671. The number of esters is 3. The molecular formula is C24H20O9. The topological polar surface area (TPSA) is 136 Å². The molecule has 0 radical (unpaired) electrons. The third-order valence-corrected chi connectivity index (χ3v) is 4.53. The van der Waals surface area contributed by atoms with Crippen molar-refractivity contribution >= 4 is 34.6 Å². The van der Waals surface area contributed by atoms with Crippen molar-refractivity contribution in [2.45, 2.75) is 0 Å². The van der Waals surface area contributed by atoms with Gasteiger partial charge in [-0.1, -0.05) is 18.2 Å². The molecule has 0 spiro atoms. The van der Waals surface area contributed by atoms with E-state index in [0.717, 1.165) is 0 Å². The molecule has 0 amide bonds. The molecule has 0 saturated heterocycles. The zero-order valence-electron chi connectivity index (χ0n) is 17.4. The van der Waals surface area contributed by atoms with Crippen LogP contribution in [-0.4, -0.2) is 60.5 Å². The van der Waals surface area contributed by atoms with Crippen molar-refractivity contribution < 1.29 is 43.6 Å². The van der Waals surface area contributed by atoms with Crippen LogP contribution in [0.5, 0.6) is 0 Å². The molecule has 0 aliphatic heterocycles. The van der Waals surface area contributed by atoms with E-state index in [1.165, 1.54) is 42.5 Å². The number of aromatic carboxylic acids is 1. The van der Waals surface area contributed by atoms with Gasteiger partial charge in [-0.15, -0.1) is 0 Å². The molecule has 2 N–H and O–H groups in total. The Morgan fingerprint density at radius 3 is 1.58 bits per heavy atom. The highest BCUT2D eigenvalue weighted by atomic mass is 16.6. The fraction of sp³-hybridized carbons (Fsp3) is 0.167. The fourth-order valence-electron chi connectivity index (χ4n) is 2.94. The number of carbonyl (C=O) groups is 4. The summed E-state index contributed by atoms with van der Waals surface area (Å²) in [6.45, 7) is -0.839. The molecule has 9 nitrogen and oxygen atoms in total. The van der Waals surface area contributed by atoms with Gasteiger partial charge in [-0.05, 0) is 53.2 Å². The summed E-state index contributed by atoms with van der Waals surface area (Å²) in [4.78, 5) is 47.3. The van der Waals surface area contributed by atoms with E-state index < -0.39 is 23.9 Å². The average Bonchev–Trinajstić information content (AvgIpc) is 2.84. The van der Waals surface area contributed by atoms with E-state index >= 15 is 0 Å². The van der Waals surface area contributed by atoms with E-state index in [9.17, 15) is 19.2 Å². The zero-order valence-corrected chi connectivity index (χ0v) is 17.4. The lowest BCUT2D eigenvalue weighted by molar-refractivity contribution is 0.0265. The summed E-state index contributed by atoms with van der Waals surface area (Å²) in [6.07, 6.45) is 0. The first-order chi connectivity index (χ1) is 15.9. The van der Waals surface area contributed by atoms with Crippen molar-refractivity contribution in [3.63, 3.8) is 0 Å². The summed E-state index contributed by atoms with van der Waals surface area (Å²) < 4.78 is 15.0. The van der Waals surface area contributed by atoms with Gasteiger partial charge in [0.1, 0.15) is 19.8 Å². The Balaban J connectivity index is 1.52. The van der Waals surface area contributed by atoms with Crippen molar-refractivity contribution in [3.05, 3.63) is 82.9 Å². The van der Waals surface area contributed by atoms with Gasteiger partial charge in [0.05, 0.1) is 28.9 Å². The molecule has 0 heterocycles. The lowest BCUT2D eigenvalue weighted by Crippen LogP contribution is -2.15. The molecule has 0 fully saturated rings. The van der Waals surface area contributed by atoms with Crippen LogP contribution >= 0.6 is 0 Å². The number of carbonyl (C=O) groups excluding carboxylic acids is 3. The number of rotatable bonds is 9. The Labute approximate surface area is 188 Å². The van der Waals surface area contributed by atoms with Crippen LogP contribution in [0.4, 0.5) is 0 Å². The number of aliphatic hydroxyl groups is 1. The third kappa shape index (κ3) is 6.14. The van der Waals surface area contributed by atoms with Gasteiger partial charge in [0.2, 0.25) is 0 Å². The van der Waals surface area contributed by atoms with Gasteiger partial charge >= 0.3 is 23.9 Å². The van der Waals surface area contributed by atoms with Crippen LogP contribution in [0.3, 0.4) is 0 Å². The first-order valence-electron chi connectivity index (χ1n) is 9.88. The predicted octanol–water partition coefficient (Wildman–Crippen LogP) is 2.70. The third-order valence-electron chi connectivity index (χ3n) is 4.53. The molecule has 9 heteroatoms. The second-order valence-electron chi connectivity index (χ2n) is 6.79. The van der Waals surface area contributed by atoms with Crippen LogP contribution in [-0.2, 0) is 14.2 Å². The van der Waals surface area contributed by atoms with Crippen LogP contribution in [0.2, 0.25) is 0 Å². The SMILES string of the molecule is O=C(O)c1ccc2cc(C(=O)OCCOC(=O)c3cccc(C(=O)OCCO)c3)ccc2c1. The minimum Gasteiger partial charge on any atom is -0.478 e. The van der Waals surface area contributed by atoms with Gasteiger partial charge in [-0.2, -0.15) is 0 Å². The Hall–Kier alpha value is -4.24. The minimum atomic E-state index is -1.04. The van der Waals surface area contributed by atoms with Gasteiger partial charge in [-0.3, -0.25) is 0 Å². The molecule has 0 aliphatic carbocycles. The number of aliphatic hydroxyl groups excluding tert-OH is 1. The monoisotopic (exact) mass is 452 g/mol. The Bertz CT molecular complexity index is 1200. The van der Waals surface area contributed by atoms with E-state index in [-0.39, 0.29) is 48.7 Å². The van der Waals surface area contributed by atoms with Crippen LogP contribution in [0, 0.1) is 0 Å². The van der Waals surface area contributed by atoms with E-state index in [1.807, 2.05) is 0 Å². The number of carboxylic acids is 1. The number of fused-ring (bicyclic) bond motifs is 1. The van der Waals surface area contributed by atoms with Crippen LogP contribution in [0.15, 0.2) is 60.7 Å². The quantitative estimate of drug-likeness (QED) is 0.285. The van der Waals surface area contributed by atoms with Gasteiger partial charge < -0.3 is 24.4 Å². The Kier molecular flexibility index (Phi) is 7.72. The van der Waals surface area contributed by atoms with Crippen molar-refractivity contribution in [2.75, 3.05) is 26.4 Å². The lowest BCUT2D eigenvalue weighted by Gasteiger charge is -2.08. The predicted molar refractivity (Wildman–Crippen MR) is 115 cm³/mol. The molecule has 0 aliphatic rings. The highest BCUT2D eigenvalue weighted by Gasteiger charge is 2.14. The van der Waals surface area contributed by atoms with Gasteiger partial charge in [0.25, 0.3) is 0 Å². The first kappa shape index (κ1) is 23.4. The highest BCUT2D eigenvalue weighted by Crippen LogP contribution is 2.19. The van der Waals surface area contributed by atoms with Crippen molar-refractivity contribution in [2.24, 2.45) is 0 Å². The first-order valence-corrected chi connectivity index (χ1v) is 9.88. The average molecular weight is 452 g/mol. The molecule has 0 atom stereocenters. The van der Waals surface area contributed by atoms with Crippen LogP contribution in [0.25, 0.3) is 10.8 Å². The van der Waals surface area contributed by atoms with Crippen LogP contribution in [0.1, 0.15) is 41.4 Å². The van der Waals surface area contributed by atoms with E-state index in [0.29, 0.717) is 10.8 Å². The summed E-state index contributed by atoms with van der Waals surface area (Å²) in [5, 5.41) is 19.1. The van der Waals surface area contributed by atoms with Crippen LogP contribution < -0.4 is 0 Å². The molecule has 0 aromatic heterocycles. The number of carboxylic acid groups (broad SMARTS) is 1. The second-order valence-corrected chi connectivity index (χ2v) is 6.79. The standard InChI is InChI=1S/C24H20O9/c25-8-9-31-22(28)18-2-1-3-19(14-18)23(29)32-10-11-33-24(30)20-7-5-15-12-17(21(26)27)6-4-16(15)13-20/h1-7,12-14,25H,8-11H2,(H,26,27). The van der Waals surface area contributed by atoms with Crippen molar-refractivity contribution in [1.82, 2.24) is 0 Å².